The number of sulfone groups is 1. The standard InChI is InChI=1S/C21H18FNO3S/c22-17-4-1-14(2-5-17)10-23-11-19-18-9-15(16-7-8-26-13-16)3-6-20(18)27(24,25)21(19)12-23/h1-9,13,19,21H,10-12H2/t19-,21-/m1/s1. The highest BCUT2D eigenvalue weighted by Crippen LogP contribution is 2.46. The number of nitrogens with zero attached hydrogens (tertiary/aromatic N) is 1. The molecule has 0 spiro atoms. The molecule has 1 aromatic heterocycles. The van der Waals surface area contributed by atoms with E-state index in [0.717, 1.165) is 22.3 Å². The molecule has 3 aromatic rings. The van der Waals surface area contributed by atoms with E-state index in [-0.39, 0.29) is 11.7 Å². The van der Waals surface area contributed by atoms with E-state index in [1.165, 1.54) is 12.1 Å². The molecule has 0 aliphatic carbocycles. The Morgan fingerprint density at radius 3 is 2.59 bits per heavy atom. The van der Waals surface area contributed by atoms with E-state index in [0.29, 0.717) is 24.5 Å². The van der Waals surface area contributed by atoms with Gasteiger partial charge in [-0.3, -0.25) is 4.90 Å². The molecule has 5 rings (SSSR count). The van der Waals surface area contributed by atoms with Crippen molar-refractivity contribution in [1.82, 2.24) is 4.90 Å². The van der Waals surface area contributed by atoms with Crippen LogP contribution < -0.4 is 0 Å². The van der Waals surface area contributed by atoms with Crippen molar-refractivity contribution in [2.24, 2.45) is 0 Å². The fraction of sp³-hybridized carbons (Fsp3) is 0.238. The summed E-state index contributed by atoms with van der Waals surface area (Å²) in [6.45, 7) is 1.81. The fourth-order valence-electron chi connectivity index (χ4n) is 4.31. The molecular weight excluding hydrogens is 365 g/mol. The molecule has 1 fully saturated rings. The lowest BCUT2D eigenvalue weighted by atomic mass is 9.95. The average molecular weight is 383 g/mol. The van der Waals surface area contributed by atoms with Crippen molar-refractivity contribution in [3.63, 3.8) is 0 Å². The summed E-state index contributed by atoms with van der Waals surface area (Å²) >= 11 is 0. The van der Waals surface area contributed by atoms with Gasteiger partial charge in [0.2, 0.25) is 0 Å². The Balaban J connectivity index is 1.46. The Bertz CT molecular complexity index is 1090. The molecule has 2 aliphatic rings. The molecule has 4 nitrogen and oxygen atoms in total. The summed E-state index contributed by atoms with van der Waals surface area (Å²) in [7, 11) is -3.33. The zero-order chi connectivity index (χ0) is 18.6. The largest absolute Gasteiger partial charge is 0.472 e. The Morgan fingerprint density at radius 1 is 1.04 bits per heavy atom. The van der Waals surface area contributed by atoms with Crippen molar-refractivity contribution >= 4 is 9.84 Å². The first-order chi connectivity index (χ1) is 13.0. The van der Waals surface area contributed by atoms with Crippen LogP contribution in [0.25, 0.3) is 11.1 Å². The summed E-state index contributed by atoms with van der Waals surface area (Å²) in [5, 5.41) is -0.410. The zero-order valence-electron chi connectivity index (χ0n) is 14.5. The van der Waals surface area contributed by atoms with Crippen LogP contribution in [0, 0.1) is 5.82 Å². The number of fused-ring (bicyclic) bond motifs is 3. The van der Waals surface area contributed by atoms with Gasteiger partial charge >= 0.3 is 0 Å². The molecule has 0 saturated carbocycles. The summed E-state index contributed by atoms with van der Waals surface area (Å²) in [5.41, 5.74) is 3.80. The molecule has 27 heavy (non-hydrogen) atoms. The van der Waals surface area contributed by atoms with Crippen LogP contribution in [-0.2, 0) is 16.4 Å². The molecule has 0 bridgehead atoms. The Kier molecular flexibility index (Phi) is 3.74. The monoisotopic (exact) mass is 383 g/mol. The minimum Gasteiger partial charge on any atom is -0.472 e. The molecule has 0 unspecified atom stereocenters. The molecule has 0 radical (unpaired) electrons. The van der Waals surface area contributed by atoms with Crippen LogP contribution in [-0.4, -0.2) is 31.7 Å². The first kappa shape index (κ1) is 16.7. The molecule has 2 aromatic carbocycles. The van der Waals surface area contributed by atoms with Crippen molar-refractivity contribution < 1.29 is 17.2 Å². The van der Waals surface area contributed by atoms with Crippen molar-refractivity contribution in [1.29, 1.82) is 0 Å². The van der Waals surface area contributed by atoms with Gasteiger partial charge in [0.1, 0.15) is 5.82 Å². The third kappa shape index (κ3) is 2.71. The van der Waals surface area contributed by atoms with E-state index in [2.05, 4.69) is 4.90 Å². The second-order valence-corrected chi connectivity index (χ2v) is 9.41. The van der Waals surface area contributed by atoms with E-state index in [1.807, 2.05) is 18.2 Å². The molecule has 1 saturated heterocycles. The van der Waals surface area contributed by atoms with Gasteiger partial charge in [-0.05, 0) is 47.0 Å². The summed E-state index contributed by atoms with van der Waals surface area (Å²) in [5.74, 6) is -0.294. The highest BCUT2D eigenvalue weighted by atomic mass is 32.2. The third-order valence-electron chi connectivity index (χ3n) is 5.63. The lowest BCUT2D eigenvalue weighted by Crippen LogP contribution is -2.25. The summed E-state index contributed by atoms with van der Waals surface area (Å²) in [4.78, 5) is 2.61. The number of hydrogen-bond acceptors (Lipinski definition) is 4. The predicted octanol–water partition coefficient (Wildman–Crippen LogP) is 3.84. The molecule has 3 heterocycles. The Morgan fingerprint density at radius 2 is 1.85 bits per heavy atom. The predicted molar refractivity (Wildman–Crippen MR) is 99.5 cm³/mol. The number of halogens is 1. The second kappa shape index (κ2) is 6.04. The van der Waals surface area contributed by atoms with Gasteiger partial charge in [-0.15, -0.1) is 0 Å². The van der Waals surface area contributed by atoms with Crippen LogP contribution in [0.3, 0.4) is 0 Å². The van der Waals surface area contributed by atoms with Crippen LogP contribution in [0.2, 0.25) is 0 Å². The maximum absolute atomic E-state index is 13.1. The molecule has 6 heteroatoms. The fourth-order valence-corrected chi connectivity index (χ4v) is 6.51. The van der Waals surface area contributed by atoms with Crippen molar-refractivity contribution in [3.05, 3.63) is 78.0 Å². The van der Waals surface area contributed by atoms with Crippen LogP contribution >= 0.6 is 0 Å². The van der Waals surface area contributed by atoms with Gasteiger partial charge < -0.3 is 4.42 Å². The zero-order valence-corrected chi connectivity index (χ0v) is 15.3. The lowest BCUT2D eigenvalue weighted by Gasteiger charge is -2.17. The molecule has 2 atom stereocenters. The van der Waals surface area contributed by atoms with Crippen LogP contribution in [0.4, 0.5) is 4.39 Å². The van der Waals surface area contributed by atoms with Crippen LogP contribution in [0.5, 0.6) is 0 Å². The van der Waals surface area contributed by atoms with Crippen LogP contribution in [0.1, 0.15) is 17.0 Å². The molecule has 0 amide bonds. The summed E-state index contributed by atoms with van der Waals surface area (Å²) in [6, 6.07) is 13.8. The highest BCUT2D eigenvalue weighted by molar-refractivity contribution is 7.92. The van der Waals surface area contributed by atoms with Gasteiger partial charge in [0.25, 0.3) is 0 Å². The van der Waals surface area contributed by atoms with Crippen molar-refractivity contribution in [3.8, 4) is 11.1 Å². The maximum Gasteiger partial charge on any atom is 0.183 e. The second-order valence-electron chi connectivity index (χ2n) is 7.28. The quantitative estimate of drug-likeness (QED) is 0.690. The summed E-state index contributed by atoms with van der Waals surface area (Å²) in [6.07, 6.45) is 3.28. The normalized spacial score (nSPS) is 23.3. The van der Waals surface area contributed by atoms with E-state index >= 15 is 0 Å². The molecule has 2 aliphatic heterocycles. The van der Waals surface area contributed by atoms with Gasteiger partial charge in [0.05, 0.1) is 22.7 Å². The van der Waals surface area contributed by atoms with E-state index in [4.69, 9.17) is 4.42 Å². The molecule has 138 valence electrons. The van der Waals surface area contributed by atoms with Crippen LogP contribution in [0.15, 0.2) is 70.4 Å². The highest BCUT2D eigenvalue weighted by Gasteiger charge is 2.50. The third-order valence-corrected chi connectivity index (χ3v) is 7.89. The number of furan rings is 1. The first-order valence-corrected chi connectivity index (χ1v) is 10.4. The SMILES string of the molecule is O=S1(=O)c2ccc(-c3ccoc3)cc2[C@H]2CN(Cc3ccc(F)cc3)C[C@H]21. The van der Waals surface area contributed by atoms with E-state index in [1.54, 1.807) is 30.7 Å². The van der Waals surface area contributed by atoms with E-state index in [9.17, 15) is 12.8 Å². The smallest absolute Gasteiger partial charge is 0.183 e. The topological polar surface area (TPSA) is 50.5 Å². The number of hydrogen-bond donors (Lipinski definition) is 0. The number of benzene rings is 2. The number of rotatable bonds is 3. The Labute approximate surface area is 157 Å². The summed E-state index contributed by atoms with van der Waals surface area (Å²) < 4.78 is 44.3. The van der Waals surface area contributed by atoms with Gasteiger partial charge in [-0.1, -0.05) is 18.2 Å². The van der Waals surface area contributed by atoms with Gasteiger partial charge in [-0.2, -0.15) is 0 Å². The minimum absolute atomic E-state index is 0.0303. The van der Waals surface area contributed by atoms with E-state index < -0.39 is 15.1 Å². The molecular formula is C21H18FNO3S. The first-order valence-electron chi connectivity index (χ1n) is 8.89. The van der Waals surface area contributed by atoms with Gasteiger partial charge in [-0.25, -0.2) is 12.8 Å². The number of likely N-dealkylation sites (tertiary alicyclic amines) is 1. The molecule has 0 N–H and O–H groups in total. The van der Waals surface area contributed by atoms with Crippen molar-refractivity contribution in [2.75, 3.05) is 13.1 Å². The van der Waals surface area contributed by atoms with Gasteiger partial charge in [0, 0.05) is 31.1 Å². The lowest BCUT2D eigenvalue weighted by molar-refractivity contribution is 0.325. The van der Waals surface area contributed by atoms with Crippen molar-refractivity contribution in [2.45, 2.75) is 22.6 Å². The maximum atomic E-state index is 13.1. The van der Waals surface area contributed by atoms with Gasteiger partial charge in [0.15, 0.2) is 9.84 Å². The Hall–Kier alpha value is -2.44. The minimum atomic E-state index is -3.33. The average Bonchev–Trinajstić information content (AvgIpc) is 3.36.